The van der Waals surface area contributed by atoms with E-state index in [2.05, 4.69) is 14.9 Å². The molecule has 25 heavy (non-hydrogen) atoms. The van der Waals surface area contributed by atoms with Gasteiger partial charge in [0, 0.05) is 19.6 Å². The van der Waals surface area contributed by atoms with E-state index < -0.39 is 11.7 Å². The predicted molar refractivity (Wildman–Crippen MR) is 92.3 cm³/mol. The van der Waals surface area contributed by atoms with Crippen LogP contribution in [-0.4, -0.2) is 72.1 Å². The van der Waals surface area contributed by atoms with Crippen molar-refractivity contribution >= 4 is 23.5 Å². The van der Waals surface area contributed by atoms with Gasteiger partial charge in [0.05, 0.1) is 19.3 Å². The molecule has 0 spiro atoms. The minimum atomic E-state index is -0.615. The van der Waals surface area contributed by atoms with E-state index in [1.54, 1.807) is 0 Å². The molecule has 0 saturated carbocycles. The first-order valence-corrected chi connectivity index (χ1v) is 8.68. The zero-order chi connectivity index (χ0) is 18.0. The van der Waals surface area contributed by atoms with Crippen molar-refractivity contribution in [2.75, 3.05) is 44.4 Å². The first-order chi connectivity index (χ1) is 11.8. The molecule has 0 N–H and O–H groups in total. The van der Waals surface area contributed by atoms with Gasteiger partial charge in [0.25, 0.3) is 0 Å². The summed E-state index contributed by atoms with van der Waals surface area (Å²) in [6.07, 6.45) is 0.851. The number of anilines is 1. The van der Waals surface area contributed by atoms with Crippen LogP contribution in [0.25, 0.3) is 0 Å². The van der Waals surface area contributed by atoms with E-state index in [4.69, 9.17) is 25.8 Å². The Morgan fingerprint density at radius 2 is 2.08 bits per heavy atom. The fourth-order valence-corrected chi connectivity index (χ4v) is 3.01. The van der Waals surface area contributed by atoms with Crippen LogP contribution in [0.15, 0.2) is 6.33 Å². The summed E-state index contributed by atoms with van der Waals surface area (Å²) in [7, 11) is 0. The topological polar surface area (TPSA) is 77.0 Å². The third-order valence-corrected chi connectivity index (χ3v) is 4.19. The van der Waals surface area contributed by atoms with Crippen LogP contribution >= 0.6 is 11.6 Å². The number of halogens is 1. The Bertz CT molecular complexity index is 631. The van der Waals surface area contributed by atoms with Gasteiger partial charge in [0.15, 0.2) is 16.7 Å². The highest BCUT2D eigenvalue weighted by Gasteiger charge is 2.38. The van der Waals surface area contributed by atoms with Crippen molar-refractivity contribution in [3.8, 4) is 5.75 Å². The molecule has 1 fully saturated rings. The molecule has 2 aliphatic heterocycles. The number of rotatable bonds is 2. The molecule has 1 aromatic rings. The minimum absolute atomic E-state index is 0.184. The molecule has 9 heteroatoms. The highest BCUT2D eigenvalue weighted by atomic mass is 35.5. The van der Waals surface area contributed by atoms with Gasteiger partial charge in [-0.3, -0.25) is 9.80 Å². The molecule has 0 aromatic carbocycles. The van der Waals surface area contributed by atoms with Gasteiger partial charge in [-0.2, -0.15) is 0 Å². The van der Waals surface area contributed by atoms with Crippen LogP contribution in [0.2, 0.25) is 5.15 Å². The first-order valence-electron chi connectivity index (χ1n) is 8.31. The Hall–Kier alpha value is -1.64. The molecule has 0 aliphatic carbocycles. The normalized spacial score (nSPS) is 21.4. The van der Waals surface area contributed by atoms with E-state index in [0.717, 1.165) is 13.1 Å². The molecular weight excluding hydrogens is 348 g/mol. The van der Waals surface area contributed by atoms with Crippen molar-refractivity contribution in [1.82, 2.24) is 14.9 Å². The molecule has 8 nitrogen and oxygen atoms in total. The number of carbonyl (C=O) groups excluding carboxylic acids is 1. The zero-order valence-electron chi connectivity index (χ0n) is 14.7. The van der Waals surface area contributed by atoms with Crippen LogP contribution in [0.5, 0.6) is 5.75 Å². The lowest BCUT2D eigenvalue weighted by molar-refractivity contribution is 0.0282. The molecule has 0 bridgehead atoms. The summed E-state index contributed by atoms with van der Waals surface area (Å²) in [6.45, 7) is 9.43. The number of morpholine rings is 1. The van der Waals surface area contributed by atoms with Crippen molar-refractivity contribution in [2.24, 2.45) is 0 Å². The Kier molecular flexibility index (Phi) is 5.31. The Balaban J connectivity index is 1.87. The number of carbonyl (C=O) groups is 1. The smallest absolute Gasteiger partial charge is 0.416 e. The molecule has 0 radical (unpaired) electrons. The fraction of sp³-hybridized carbons (Fsp3) is 0.688. The van der Waals surface area contributed by atoms with Gasteiger partial charge in [-0.25, -0.2) is 14.8 Å². The monoisotopic (exact) mass is 370 g/mol. The summed E-state index contributed by atoms with van der Waals surface area (Å²) in [5.74, 6) is 0.659. The van der Waals surface area contributed by atoms with E-state index in [-0.39, 0.29) is 11.2 Å². The second-order valence-corrected chi connectivity index (χ2v) is 7.40. The molecule has 1 saturated heterocycles. The van der Waals surface area contributed by atoms with Crippen LogP contribution in [-0.2, 0) is 9.47 Å². The van der Waals surface area contributed by atoms with Gasteiger partial charge in [0.2, 0.25) is 0 Å². The molecule has 138 valence electrons. The third kappa shape index (κ3) is 4.31. The first kappa shape index (κ1) is 18.2. The number of fused-ring (bicyclic) bond motifs is 1. The van der Waals surface area contributed by atoms with Crippen molar-refractivity contribution in [3.05, 3.63) is 11.5 Å². The van der Waals surface area contributed by atoms with Gasteiger partial charge >= 0.3 is 6.09 Å². The highest BCUT2D eigenvalue weighted by Crippen LogP contribution is 2.37. The van der Waals surface area contributed by atoms with Crippen LogP contribution in [0, 0.1) is 0 Å². The molecule has 2 aliphatic rings. The van der Waals surface area contributed by atoms with Crippen molar-refractivity contribution in [2.45, 2.75) is 32.4 Å². The molecule has 0 unspecified atom stereocenters. The number of nitrogens with zero attached hydrogens (tertiary/aromatic N) is 4. The minimum Gasteiger partial charge on any atom is -0.485 e. The zero-order valence-corrected chi connectivity index (χ0v) is 15.5. The second kappa shape index (κ2) is 7.31. The maximum absolute atomic E-state index is 12.8. The summed E-state index contributed by atoms with van der Waals surface area (Å²) in [5.41, 5.74) is -0.615. The van der Waals surface area contributed by atoms with Crippen LogP contribution < -0.4 is 9.64 Å². The summed E-state index contributed by atoms with van der Waals surface area (Å²) in [6, 6.07) is -0.230. The van der Waals surface area contributed by atoms with Gasteiger partial charge < -0.3 is 14.2 Å². The van der Waals surface area contributed by atoms with E-state index in [1.807, 2.05) is 20.8 Å². The highest BCUT2D eigenvalue weighted by molar-refractivity contribution is 6.31. The largest absolute Gasteiger partial charge is 0.485 e. The van der Waals surface area contributed by atoms with Gasteiger partial charge in [-0.15, -0.1) is 0 Å². The van der Waals surface area contributed by atoms with Gasteiger partial charge in [-0.05, 0) is 20.8 Å². The van der Waals surface area contributed by atoms with Crippen molar-refractivity contribution in [1.29, 1.82) is 0 Å². The SMILES string of the molecule is CC(C)(C)OC(=O)N1c2ncnc(Cl)c2OC[C@H]1CN1CCOCC1. The Morgan fingerprint density at radius 1 is 1.36 bits per heavy atom. The molecule has 1 amide bonds. The third-order valence-electron chi connectivity index (χ3n) is 3.92. The number of aromatic nitrogens is 2. The fourth-order valence-electron chi connectivity index (χ4n) is 2.83. The molecular formula is C16H23ClN4O4. The number of hydrogen-bond donors (Lipinski definition) is 0. The number of amides is 1. The molecule has 3 heterocycles. The van der Waals surface area contributed by atoms with E-state index in [9.17, 15) is 4.79 Å². The molecule has 1 aromatic heterocycles. The average Bonchev–Trinajstić information content (AvgIpc) is 2.54. The summed E-state index contributed by atoms with van der Waals surface area (Å²) in [4.78, 5) is 24.8. The average molecular weight is 371 g/mol. The Labute approximate surface area is 152 Å². The maximum atomic E-state index is 12.8. The number of hydrogen-bond acceptors (Lipinski definition) is 7. The van der Waals surface area contributed by atoms with Crippen LogP contribution in [0.3, 0.4) is 0 Å². The second-order valence-electron chi connectivity index (χ2n) is 7.05. The lowest BCUT2D eigenvalue weighted by Gasteiger charge is -2.39. The lowest BCUT2D eigenvalue weighted by Crippen LogP contribution is -2.55. The molecule has 1 atom stereocenters. The lowest BCUT2D eigenvalue weighted by atomic mass is 10.2. The van der Waals surface area contributed by atoms with Crippen LogP contribution in [0.1, 0.15) is 20.8 Å². The standard InChI is InChI=1S/C16H23ClN4O4/c1-16(2,3)25-15(22)21-11(8-20-4-6-23-7-5-20)9-24-12-13(17)18-10-19-14(12)21/h10-11H,4-9H2,1-3H3/t11-/m1/s1. The van der Waals surface area contributed by atoms with Gasteiger partial charge in [-0.1, -0.05) is 11.6 Å². The quantitative estimate of drug-likeness (QED) is 0.736. The van der Waals surface area contributed by atoms with E-state index in [1.165, 1.54) is 11.2 Å². The van der Waals surface area contributed by atoms with Crippen LogP contribution in [0.4, 0.5) is 10.6 Å². The number of ether oxygens (including phenoxy) is 3. The maximum Gasteiger partial charge on any atom is 0.416 e. The van der Waals surface area contributed by atoms with E-state index in [0.29, 0.717) is 37.9 Å². The Morgan fingerprint density at radius 3 is 2.76 bits per heavy atom. The van der Waals surface area contributed by atoms with E-state index >= 15 is 0 Å². The van der Waals surface area contributed by atoms with Crippen molar-refractivity contribution in [3.63, 3.8) is 0 Å². The summed E-state index contributed by atoms with van der Waals surface area (Å²) < 4.78 is 16.7. The molecule has 3 rings (SSSR count). The van der Waals surface area contributed by atoms with Gasteiger partial charge in [0.1, 0.15) is 18.5 Å². The van der Waals surface area contributed by atoms with Crippen molar-refractivity contribution < 1.29 is 19.0 Å². The summed E-state index contributed by atoms with van der Waals surface area (Å²) >= 11 is 6.10. The predicted octanol–water partition coefficient (Wildman–Crippen LogP) is 1.96. The summed E-state index contributed by atoms with van der Waals surface area (Å²) in [5, 5.41) is 0.184.